The smallest absolute Gasteiger partial charge is 0.238 e. The molecule has 238 valence electrons. The highest BCUT2D eigenvalue weighted by Gasteiger charge is 2.21. The van der Waals surface area contributed by atoms with E-state index in [1.54, 1.807) is 14.2 Å². The molecule has 10 aromatic rings. The van der Waals surface area contributed by atoms with Gasteiger partial charge in [0.2, 0.25) is 5.95 Å². The number of benzene rings is 6. The molecule has 50 heavy (non-hydrogen) atoms. The van der Waals surface area contributed by atoms with E-state index < -0.39 is 0 Å². The highest BCUT2D eigenvalue weighted by molar-refractivity contribution is 6.20. The fourth-order valence-electron chi connectivity index (χ4n) is 7.19. The number of rotatable bonds is 5. The van der Waals surface area contributed by atoms with Gasteiger partial charge < -0.3 is 9.47 Å². The third-order valence-corrected chi connectivity index (χ3v) is 9.57. The largest absolute Gasteiger partial charge is 0.497 e. The Balaban J connectivity index is 1.32. The van der Waals surface area contributed by atoms with Gasteiger partial charge in [0.25, 0.3) is 0 Å². The van der Waals surface area contributed by atoms with Gasteiger partial charge >= 0.3 is 0 Å². The van der Waals surface area contributed by atoms with Crippen molar-refractivity contribution in [3.05, 3.63) is 133 Å². The van der Waals surface area contributed by atoms with Crippen LogP contribution in [0.3, 0.4) is 0 Å². The Kier molecular flexibility index (Phi) is 6.13. The number of nitrogens with zero attached hydrogens (tertiary/aromatic N) is 6. The normalized spacial score (nSPS) is 11.8. The molecule has 6 aromatic carbocycles. The van der Waals surface area contributed by atoms with E-state index in [0.29, 0.717) is 17.6 Å². The summed E-state index contributed by atoms with van der Waals surface area (Å²) >= 11 is 0. The minimum absolute atomic E-state index is 0.528. The molecular weight excluding hydrogens is 621 g/mol. The van der Waals surface area contributed by atoms with Gasteiger partial charge in [-0.1, -0.05) is 54.6 Å². The first-order valence-corrected chi connectivity index (χ1v) is 16.4. The maximum absolute atomic E-state index is 5.44. The van der Waals surface area contributed by atoms with Crippen molar-refractivity contribution in [3.8, 4) is 40.2 Å². The van der Waals surface area contributed by atoms with E-state index in [2.05, 4.69) is 87.8 Å². The van der Waals surface area contributed by atoms with E-state index >= 15 is 0 Å². The molecule has 0 saturated heterocycles. The Bertz CT molecular complexity index is 2880. The van der Waals surface area contributed by atoms with Crippen LogP contribution in [0.15, 0.2) is 133 Å². The molecule has 0 bridgehead atoms. The van der Waals surface area contributed by atoms with E-state index in [-0.39, 0.29) is 0 Å². The van der Waals surface area contributed by atoms with Crippen LogP contribution in [0.1, 0.15) is 0 Å². The third-order valence-electron chi connectivity index (χ3n) is 9.57. The van der Waals surface area contributed by atoms with Crippen LogP contribution in [0.2, 0.25) is 0 Å². The first-order valence-electron chi connectivity index (χ1n) is 16.4. The van der Waals surface area contributed by atoms with E-state index in [1.165, 1.54) is 0 Å². The van der Waals surface area contributed by atoms with Crippen LogP contribution in [-0.4, -0.2) is 43.1 Å². The molecule has 0 unspecified atom stereocenters. The van der Waals surface area contributed by atoms with Crippen molar-refractivity contribution < 1.29 is 9.47 Å². The highest BCUT2D eigenvalue weighted by Crippen LogP contribution is 2.39. The molecule has 8 heteroatoms. The van der Waals surface area contributed by atoms with Crippen molar-refractivity contribution in [3.63, 3.8) is 0 Å². The maximum atomic E-state index is 5.44. The molecule has 0 aliphatic rings. The fraction of sp³-hybridized carbons (Fsp3) is 0.0476. The number of aromatic nitrogens is 6. The lowest BCUT2D eigenvalue weighted by molar-refractivity contribution is 0.415. The van der Waals surface area contributed by atoms with Crippen LogP contribution >= 0.6 is 0 Å². The quantitative estimate of drug-likeness (QED) is 0.173. The zero-order valence-electron chi connectivity index (χ0n) is 27.2. The van der Waals surface area contributed by atoms with Gasteiger partial charge in [0.1, 0.15) is 17.1 Å². The number of hydrogen-bond acceptors (Lipinski definition) is 6. The van der Waals surface area contributed by atoms with Gasteiger partial charge in [-0.05, 0) is 84.2 Å². The molecule has 8 nitrogen and oxygen atoms in total. The lowest BCUT2D eigenvalue weighted by atomic mass is 10.0. The Morgan fingerprint density at radius 3 is 1.64 bits per heavy atom. The predicted octanol–water partition coefficient (Wildman–Crippen LogP) is 9.43. The van der Waals surface area contributed by atoms with Crippen LogP contribution in [0.4, 0.5) is 0 Å². The zero-order valence-corrected chi connectivity index (χ0v) is 27.2. The van der Waals surface area contributed by atoms with Crippen LogP contribution in [-0.2, 0) is 0 Å². The molecule has 0 atom stereocenters. The second-order valence-corrected chi connectivity index (χ2v) is 12.3. The van der Waals surface area contributed by atoms with Crippen molar-refractivity contribution in [2.24, 2.45) is 0 Å². The Morgan fingerprint density at radius 2 is 0.980 bits per heavy atom. The fourth-order valence-corrected chi connectivity index (χ4v) is 7.19. The summed E-state index contributed by atoms with van der Waals surface area (Å²) in [5.74, 6) is 3.18. The summed E-state index contributed by atoms with van der Waals surface area (Å²) in [6.07, 6.45) is 0. The van der Waals surface area contributed by atoms with Gasteiger partial charge in [-0.25, -0.2) is 9.97 Å². The summed E-state index contributed by atoms with van der Waals surface area (Å²) in [7, 11) is 3.32. The lowest BCUT2D eigenvalue weighted by Gasteiger charge is -2.13. The van der Waals surface area contributed by atoms with Gasteiger partial charge in [-0.2, -0.15) is 9.97 Å². The van der Waals surface area contributed by atoms with Gasteiger partial charge in [-0.15, -0.1) is 0 Å². The monoisotopic (exact) mass is 648 g/mol. The van der Waals surface area contributed by atoms with Crippen LogP contribution < -0.4 is 9.47 Å². The minimum Gasteiger partial charge on any atom is -0.497 e. The molecule has 0 saturated carbocycles. The SMILES string of the molecule is COc1ccc(-c2nc(-c3ccc(OC)cc3)nc(-n3c4ccccc4c4cc5c(cc43)c3ccccc3c3nc4ccccc4n53)n2)cc1. The van der Waals surface area contributed by atoms with Crippen molar-refractivity contribution >= 4 is 60.2 Å². The number of pyridine rings is 1. The average Bonchev–Trinajstić information content (AvgIpc) is 3.73. The number of hydrogen-bond donors (Lipinski definition) is 0. The number of imidazole rings is 1. The molecule has 4 heterocycles. The average molecular weight is 649 g/mol. The lowest BCUT2D eigenvalue weighted by Crippen LogP contribution is -2.06. The summed E-state index contributed by atoms with van der Waals surface area (Å²) in [6, 6.07) is 45.4. The maximum Gasteiger partial charge on any atom is 0.238 e. The summed E-state index contributed by atoms with van der Waals surface area (Å²) in [5.41, 5.74) is 7.80. The first kappa shape index (κ1) is 28.2. The molecule has 0 aliphatic carbocycles. The molecule has 0 N–H and O–H groups in total. The zero-order chi connectivity index (χ0) is 33.3. The number of fused-ring (bicyclic) bond motifs is 11. The molecule has 4 aromatic heterocycles. The first-order chi connectivity index (χ1) is 24.7. The van der Waals surface area contributed by atoms with Crippen LogP contribution in [0.5, 0.6) is 11.5 Å². The van der Waals surface area contributed by atoms with Crippen molar-refractivity contribution in [1.29, 1.82) is 0 Å². The molecule has 0 radical (unpaired) electrons. The minimum atomic E-state index is 0.528. The van der Waals surface area contributed by atoms with Crippen molar-refractivity contribution in [2.75, 3.05) is 14.2 Å². The summed E-state index contributed by atoms with van der Waals surface area (Å²) in [5, 5.41) is 5.56. The summed E-state index contributed by atoms with van der Waals surface area (Å²) in [4.78, 5) is 20.4. The van der Waals surface area contributed by atoms with Crippen LogP contribution in [0.25, 0.3) is 88.9 Å². The van der Waals surface area contributed by atoms with Gasteiger partial charge in [0, 0.05) is 32.7 Å². The van der Waals surface area contributed by atoms with Gasteiger partial charge in [0.05, 0.1) is 41.8 Å². The van der Waals surface area contributed by atoms with E-state index in [1.807, 2.05) is 54.6 Å². The highest BCUT2D eigenvalue weighted by atomic mass is 16.5. The van der Waals surface area contributed by atoms with Gasteiger partial charge in [-0.3, -0.25) is 8.97 Å². The van der Waals surface area contributed by atoms with E-state index in [9.17, 15) is 0 Å². The Labute approximate surface area is 285 Å². The van der Waals surface area contributed by atoms with Crippen molar-refractivity contribution in [2.45, 2.75) is 0 Å². The second-order valence-electron chi connectivity index (χ2n) is 12.3. The molecule has 0 spiro atoms. The van der Waals surface area contributed by atoms with E-state index in [0.717, 1.165) is 82.8 Å². The summed E-state index contributed by atoms with van der Waals surface area (Å²) in [6.45, 7) is 0. The Morgan fingerprint density at radius 1 is 0.440 bits per heavy atom. The number of ether oxygens (including phenoxy) is 2. The molecule has 0 amide bonds. The number of para-hydroxylation sites is 3. The molecule has 10 rings (SSSR count). The molecular formula is C42H28N6O2. The topological polar surface area (TPSA) is 79.4 Å². The summed E-state index contributed by atoms with van der Waals surface area (Å²) < 4.78 is 15.3. The third kappa shape index (κ3) is 4.18. The van der Waals surface area contributed by atoms with Gasteiger partial charge in [0.15, 0.2) is 11.6 Å². The predicted molar refractivity (Wildman–Crippen MR) is 199 cm³/mol. The second kappa shape index (κ2) is 10.9. The standard InChI is InChI=1S/C42H28N6O2/c1-49-27-19-15-25(16-20-27)39-44-40(26-17-21-28(50-2)22-18-26)46-42(45-39)48-35-13-7-5-10-30(35)33-24-37-32(23-38(33)48)29-9-3-4-11-31(29)41-43-34-12-6-8-14-36(34)47(37)41/h3-24H,1-2H3. The number of methoxy groups -OCH3 is 2. The van der Waals surface area contributed by atoms with E-state index in [4.69, 9.17) is 29.4 Å². The molecule has 0 aliphatic heterocycles. The van der Waals surface area contributed by atoms with Crippen LogP contribution in [0, 0.1) is 0 Å². The van der Waals surface area contributed by atoms with Crippen molar-refractivity contribution in [1.82, 2.24) is 28.9 Å². The molecule has 0 fully saturated rings. The Hall–Kier alpha value is -6.80.